The molecule has 10 rings (SSSR count). The lowest BCUT2D eigenvalue weighted by Crippen LogP contribution is -2.27. The fourth-order valence-electron chi connectivity index (χ4n) is 8.54. The lowest BCUT2D eigenvalue weighted by molar-refractivity contribution is 0.483. The van der Waals surface area contributed by atoms with Crippen molar-refractivity contribution < 1.29 is 4.74 Å². The number of anilines is 3. The van der Waals surface area contributed by atoms with Crippen LogP contribution in [0.1, 0.15) is 31.4 Å². The Morgan fingerprint density at radius 1 is 0.564 bits per heavy atom. The van der Waals surface area contributed by atoms with Crippen molar-refractivity contribution in [1.29, 1.82) is 0 Å². The van der Waals surface area contributed by atoms with Crippen LogP contribution in [0.2, 0.25) is 0 Å². The molecule has 7 aromatic carbocycles. The normalized spacial score (nSPS) is 13.6. The molecule has 2 aliphatic rings. The summed E-state index contributed by atoms with van der Waals surface area (Å²) in [4.78, 5) is 2.36. The molecule has 1 heterocycles. The summed E-state index contributed by atoms with van der Waals surface area (Å²) in [6.45, 7) is 4.68. The molecular weight excluding hydrogens is 669 g/mol. The minimum Gasteiger partial charge on any atom is -0.457 e. The van der Waals surface area contributed by atoms with Crippen molar-refractivity contribution >= 4 is 40.1 Å². The van der Waals surface area contributed by atoms with Crippen molar-refractivity contribution in [2.24, 2.45) is 0 Å². The molecule has 0 unspecified atom stereocenters. The lowest BCUT2D eigenvalue weighted by atomic mass is 9.82. The maximum absolute atomic E-state index is 6.18. The molecule has 3 heteroatoms. The van der Waals surface area contributed by atoms with E-state index in [1.165, 1.54) is 60.5 Å². The fourth-order valence-corrected chi connectivity index (χ4v) is 8.54. The number of ether oxygens (including phenoxy) is 1. The minimum atomic E-state index is -0.105. The summed E-state index contributed by atoms with van der Waals surface area (Å²) in [5.41, 5.74) is 13.3. The van der Waals surface area contributed by atoms with E-state index < -0.39 is 0 Å². The second-order valence-corrected chi connectivity index (χ2v) is 14.9. The summed E-state index contributed by atoms with van der Waals surface area (Å²) >= 11 is 0. The number of fused-ring (bicyclic) bond motifs is 6. The Hall–Kier alpha value is -6.84. The van der Waals surface area contributed by atoms with E-state index in [1.807, 2.05) is 30.3 Å². The molecule has 2 aliphatic carbocycles. The van der Waals surface area contributed by atoms with Gasteiger partial charge in [-0.2, -0.15) is 0 Å². The average Bonchev–Trinajstić information content (AvgIpc) is 3.51. The van der Waals surface area contributed by atoms with Crippen LogP contribution in [0.5, 0.6) is 11.5 Å². The predicted molar refractivity (Wildman–Crippen MR) is 229 cm³/mol. The number of aromatic nitrogens is 1. The zero-order valence-corrected chi connectivity index (χ0v) is 31.0. The number of rotatable bonds is 7. The van der Waals surface area contributed by atoms with E-state index >= 15 is 0 Å². The van der Waals surface area contributed by atoms with Gasteiger partial charge in [-0.05, 0) is 131 Å². The summed E-state index contributed by atoms with van der Waals surface area (Å²) in [5.74, 6) is 1.62. The highest BCUT2D eigenvalue weighted by atomic mass is 16.5. The van der Waals surface area contributed by atoms with E-state index in [9.17, 15) is 0 Å². The monoisotopic (exact) mass is 708 g/mol. The van der Waals surface area contributed by atoms with Crippen LogP contribution < -0.4 is 20.2 Å². The number of para-hydroxylation sites is 2. The molecule has 55 heavy (non-hydrogen) atoms. The van der Waals surface area contributed by atoms with Crippen LogP contribution in [-0.2, 0) is 5.41 Å². The number of nitrogens with zero attached hydrogens (tertiary/aromatic N) is 2. The van der Waals surface area contributed by atoms with E-state index in [2.05, 4.69) is 187 Å². The van der Waals surface area contributed by atoms with Crippen molar-refractivity contribution in [1.82, 2.24) is 4.57 Å². The van der Waals surface area contributed by atoms with E-state index in [4.69, 9.17) is 4.74 Å². The Kier molecular flexibility index (Phi) is 7.88. The second kappa shape index (κ2) is 13.2. The highest BCUT2D eigenvalue weighted by Gasteiger charge is 2.35. The zero-order chi connectivity index (χ0) is 36.9. The summed E-state index contributed by atoms with van der Waals surface area (Å²) in [5, 5.41) is 3.77. The Morgan fingerprint density at radius 2 is 1.20 bits per heavy atom. The molecule has 0 N–H and O–H groups in total. The maximum atomic E-state index is 6.18. The van der Waals surface area contributed by atoms with E-state index in [0.29, 0.717) is 0 Å². The Morgan fingerprint density at radius 3 is 1.98 bits per heavy atom. The first-order valence-corrected chi connectivity index (χ1v) is 19.1. The first kappa shape index (κ1) is 32.8. The van der Waals surface area contributed by atoms with Gasteiger partial charge in [0.1, 0.15) is 11.5 Å². The van der Waals surface area contributed by atoms with Crippen LogP contribution in [0, 0.1) is 0 Å². The molecule has 1 aromatic heterocycles. The smallest absolute Gasteiger partial charge is 0.127 e. The maximum Gasteiger partial charge on any atom is 0.127 e. The Balaban J connectivity index is 1.06. The van der Waals surface area contributed by atoms with Gasteiger partial charge in [-0.25, -0.2) is 0 Å². The zero-order valence-electron chi connectivity index (χ0n) is 31.0. The molecule has 3 nitrogen and oxygen atoms in total. The van der Waals surface area contributed by atoms with Crippen LogP contribution in [0.25, 0.3) is 51.0 Å². The summed E-state index contributed by atoms with van der Waals surface area (Å²) < 4.78 is 8.57. The topological polar surface area (TPSA) is 17.4 Å². The van der Waals surface area contributed by atoms with Crippen molar-refractivity contribution in [2.45, 2.75) is 25.7 Å². The van der Waals surface area contributed by atoms with Gasteiger partial charge in [0, 0.05) is 38.8 Å². The van der Waals surface area contributed by atoms with Gasteiger partial charge in [-0.15, -0.1) is 0 Å². The highest BCUT2D eigenvalue weighted by molar-refractivity contribution is 5.90. The van der Waals surface area contributed by atoms with Gasteiger partial charge in [0.15, 0.2) is 0 Å². The molecular formula is C52H40N2O. The van der Waals surface area contributed by atoms with E-state index in [1.54, 1.807) is 0 Å². The third kappa shape index (κ3) is 5.68. The molecule has 0 bridgehead atoms. The molecule has 0 spiro atoms. The van der Waals surface area contributed by atoms with Crippen molar-refractivity contribution in [3.8, 4) is 39.4 Å². The number of hydrogen-bond acceptors (Lipinski definition) is 2. The summed E-state index contributed by atoms with van der Waals surface area (Å²) in [6, 6.07) is 60.7. The molecule has 0 saturated heterocycles. The van der Waals surface area contributed by atoms with E-state index in [-0.39, 0.29) is 5.41 Å². The first-order chi connectivity index (χ1) is 27.0. The Labute approximate surface area is 322 Å². The first-order valence-electron chi connectivity index (χ1n) is 19.1. The third-order valence-corrected chi connectivity index (χ3v) is 11.3. The fraction of sp³-hybridized carbons (Fsp3) is 0.0769. The second-order valence-electron chi connectivity index (χ2n) is 14.9. The van der Waals surface area contributed by atoms with Gasteiger partial charge in [-0.1, -0.05) is 117 Å². The quantitative estimate of drug-likeness (QED) is 0.164. The van der Waals surface area contributed by atoms with Crippen LogP contribution in [-0.4, -0.2) is 4.57 Å². The molecule has 0 aliphatic heterocycles. The predicted octanol–water partition coefficient (Wildman–Crippen LogP) is 12.4. The van der Waals surface area contributed by atoms with Crippen LogP contribution >= 0.6 is 0 Å². The number of allylic oxidation sites excluding steroid dienone is 2. The van der Waals surface area contributed by atoms with Crippen LogP contribution in [0.3, 0.4) is 0 Å². The number of benzene rings is 7. The Bertz CT molecular complexity index is 2860. The summed E-state index contributed by atoms with van der Waals surface area (Å²) in [7, 11) is 0. The third-order valence-electron chi connectivity index (χ3n) is 11.3. The van der Waals surface area contributed by atoms with Gasteiger partial charge in [0.2, 0.25) is 0 Å². The molecule has 0 amide bonds. The molecule has 0 fully saturated rings. The van der Waals surface area contributed by atoms with Crippen LogP contribution in [0.15, 0.2) is 182 Å². The van der Waals surface area contributed by atoms with Crippen LogP contribution in [0.4, 0.5) is 17.1 Å². The van der Waals surface area contributed by atoms with E-state index in [0.717, 1.165) is 35.0 Å². The lowest BCUT2D eigenvalue weighted by Gasteiger charge is -2.28. The number of hydrogen-bond donors (Lipinski definition) is 0. The molecule has 0 radical (unpaired) electrons. The minimum absolute atomic E-state index is 0.105. The molecule has 0 atom stereocenters. The van der Waals surface area contributed by atoms with Gasteiger partial charge in [-0.3, -0.25) is 0 Å². The van der Waals surface area contributed by atoms with Gasteiger partial charge < -0.3 is 14.2 Å². The van der Waals surface area contributed by atoms with Gasteiger partial charge in [0.05, 0.1) is 10.9 Å². The van der Waals surface area contributed by atoms with Gasteiger partial charge in [0.25, 0.3) is 0 Å². The summed E-state index contributed by atoms with van der Waals surface area (Å²) in [6.07, 6.45) is 9.91. The van der Waals surface area contributed by atoms with Gasteiger partial charge >= 0.3 is 0 Å². The highest BCUT2D eigenvalue weighted by Crippen LogP contribution is 2.50. The SMILES string of the molecule is CC1(C)c2ccccc2-c2ccc(N(c3ccc(Oc4ccccc4)cc3)c3ccc(-c4ccc5c(c4)c4c(n5-c5ccccc5)=CC=CCC=4)cc3)cc21. The average molecular weight is 709 g/mol. The van der Waals surface area contributed by atoms with Crippen molar-refractivity contribution in [3.05, 3.63) is 204 Å². The largest absolute Gasteiger partial charge is 0.457 e. The molecule has 8 aromatic rings. The van der Waals surface area contributed by atoms with Crippen molar-refractivity contribution in [2.75, 3.05) is 4.90 Å². The molecule has 264 valence electrons. The van der Waals surface area contributed by atoms with Crippen molar-refractivity contribution in [3.63, 3.8) is 0 Å². The molecule has 0 saturated carbocycles. The standard InChI is InChI=1S/C52H40N2O/c1-52(2)48-20-13-12-18-44(48)45-32-29-41(35-49(45)52)53(40-27-30-43(31-28-40)55-42-16-8-4-9-17-42)39-25-22-36(23-26-39)37-24-33-51-47(34-37)46-19-10-5-11-21-50(46)54(51)38-14-6-3-7-15-38/h3-9,11-35H,10H2,1-2H3.